The highest BCUT2D eigenvalue weighted by molar-refractivity contribution is 5.81. The number of aromatic nitrogens is 5. The first kappa shape index (κ1) is 18.8. The van der Waals surface area contributed by atoms with E-state index in [0.29, 0.717) is 41.1 Å². The molecule has 0 saturated carbocycles. The first-order valence-electron chi connectivity index (χ1n) is 9.81. The van der Waals surface area contributed by atoms with Crippen LogP contribution in [0.1, 0.15) is 29.9 Å². The summed E-state index contributed by atoms with van der Waals surface area (Å²) in [6.07, 6.45) is 3.93. The fourth-order valence-corrected chi connectivity index (χ4v) is 4.01. The van der Waals surface area contributed by atoms with Crippen LogP contribution in [0.25, 0.3) is 27.9 Å². The van der Waals surface area contributed by atoms with E-state index in [4.69, 9.17) is 0 Å². The smallest absolute Gasteiger partial charge is 0.277 e. The molecule has 5 rings (SSSR count). The van der Waals surface area contributed by atoms with Crippen molar-refractivity contribution in [2.45, 2.75) is 32.4 Å². The van der Waals surface area contributed by atoms with E-state index in [0.717, 1.165) is 0 Å². The molecule has 1 aliphatic rings. The summed E-state index contributed by atoms with van der Waals surface area (Å²) in [5.74, 6) is -0.437. The SMILES string of the molecule is Cc1cn2cc(-c3cc(C)c4nc(C5(F)CCNCC5)[nH]c(=O)c4n3)cc(F)c2n1. The van der Waals surface area contributed by atoms with E-state index in [-0.39, 0.29) is 29.8 Å². The van der Waals surface area contributed by atoms with Gasteiger partial charge in [0.25, 0.3) is 5.56 Å². The van der Waals surface area contributed by atoms with Crippen molar-refractivity contribution in [1.29, 1.82) is 0 Å². The maximum Gasteiger partial charge on any atom is 0.277 e. The van der Waals surface area contributed by atoms with Crippen molar-refractivity contribution >= 4 is 16.7 Å². The average Bonchev–Trinajstić information content (AvgIpc) is 3.10. The quantitative estimate of drug-likeness (QED) is 0.531. The average molecular weight is 410 g/mol. The first-order valence-corrected chi connectivity index (χ1v) is 9.81. The number of hydrogen-bond acceptors (Lipinski definition) is 5. The Kier molecular flexibility index (Phi) is 4.18. The number of aromatic amines is 1. The lowest BCUT2D eigenvalue weighted by atomic mass is 9.93. The molecule has 7 nitrogen and oxygen atoms in total. The lowest BCUT2D eigenvalue weighted by molar-refractivity contribution is 0.104. The largest absolute Gasteiger partial charge is 0.316 e. The molecule has 4 aromatic heterocycles. The highest BCUT2D eigenvalue weighted by Gasteiger charge is 2.36. The second-order valence-corrected chi connectivity index (χ2v) is 7.84. The molecule has 9 heteroatoms. The Morgan fingerprint density at radius 3 is 2.60 bits per heavy atom. The molecule has 4 aromatic rings. The number of aryl methyl sites for hydroxylation is 2. The van der Waals surface area contributed by atoms with Gasteiger partial charge in [-0.15, -0.1) is 0 Å². The number of piperidine rings is 1. The molecule has 0 spiro atoms. The fraction of sp³-hybridized carbons (Fsp3) is 0.333. The lowest BCUT2D eigenvalue weighted by Gasteiger charge is -2.29. The molecule has 0 aromatic carbocycles. The van der Waals surface area contributed by atoms with Gasteiger partial charge in [0.05, 0.1) is 16.9 Å². The molecule has 0 amide bonds. The van der Waals surface area contributed by atoms with E-state index in [9.17, 15) is 9.18 Å². The number of hydrogen-bond donors (Lipinski definition) is 2. The van der Waals surface area contributed by atoms with Crippen molar-refractivity contribution in [3.05, 3.63) is 57.8 Å². The first-order chi connectivity index (χ1) is 14.3. The zero-order valence-corrected chi connectivity index (χ0v) is 16.6. The van der Waals surface area contributed by atoms with E-state index < -0.39 is 17.0 Å². The van der Waals surface area contributed by atoms with E-state index >= 15 is 4.39 Å². The summed E-state index contributed by atoms with van der Waals surface area (Å²) < 4.78 is 31.4. The summed E-state index contributed by atoms with van der Waals surface area (Å²) in [5, 5.41) is 3.11. The summed E-state index contributed by atoms with van der Waals surface area (Å²) >= 11 is 0. The summed E-state index contributed by atoms with van der Waals surface area (Å²) in [4.78, 5) is 28.4. The summed E-state index contributed by atoms with van der Waals surface area (Å²) in [7, 11) is 0. The van der Waals surface area contributed by atoms with Crippen molar-refractivity contribution in [1.82, 2.24) is 29.7 Å². The van der Waals surface area contributed by atoms with Gasteiger partial charge < -0.3 is 14.7 Å². The molecule has 154 valence electrons. The molecule has 1 aliphatic heterocycles. The molecule has 0 radical (unpaired) electrons. The van der Waals surface area contributed by atoms with Gasteiger partial charge in [-0.3, -0.25) is 4.79 Å². The number of alkyl halides is 1. The Morgan fingerprint density at radius 2 is 1.83 bits per heavy atom. The number of nitrogens with zero attached hydrogens (tertiary/aromatic N) is 4. The predicted molar refractivity (Wildman–Crippen MR) is 109 cm³/mol. The number of pyridine rings is 2. The highest BCUT2D eigenvalue weighted by Crippen LogP contribution is 2.33. The number of fused-ring (bicyclic) bond motifs is 2. The Bertz CT molecular complexity index is 1350. The van der Waals surface area contributed by atoms with Crippen LogP contribution in [0.5, 0.6) is 0 Å². The predicted octanol–water partition coefficient (Wildman–Crippen LogP) is 2.94. The third-order valence-corrected chi connectivity index (χ3v) is 5.60. The van der Waals surface area contributed by atoms with Crippen LogP contribution in [0.15, 0.2) is 29.3 Å². The summed E-state index contributed by atoms with van der Waals surface area (Å²) in [5.41, 5.74) is 0.819. The topological polar surface area (TPSA) is 88.0 Å². The summed E-state index contributed by atoms with van der Waals surface area (Å²) in [6, 6.07) is 3.08. The molecule has 0 aliphatic carbocycles. The van der Waals surface area contributed by atoms with Crippen LogP contribution in [0.3, 0.4) is 0 Å². The molecule has 5 heterocycles. The Labute approximate surface area is 170 Å². The van der Waals surface area contributed by atoms with Crippen molar-refractivity contribution in [3.8, 4) is 11.3 Å². The normalized spacial score (nSPS) is 16.4. The summed E-state index contributed by atoms with van der Waals surface area (Å²) in [6.45, 7) is 4.62. The van der Waals surface area contributed by atoms with Crippen LogP contribution in [-0.2, 0) is 5.67 Å². The van der Waals surface area contributed by atoms with Crippen molar-refractivity contribution < 1.29 is 8.78 Å². The van der Waals surface area contributed by atoms with Crippen LogP contribution < -0.4 is 10.9 Å². The molecule has 0 atom stereocenters. The Hall–Kier alpha value is -3.20. The Balaban J connectivity index is 1.67. The molecule has 0 unspecified atom stereocenters. The van der Waals surface area contributed by atoms with Gasteiger partial charge in [0.2, 0.25) is 0 Å². The zero-order valence-electron chi connectivity index (χ0n) is 16.6. The maximum atomic E-state index is 15.3. The van der Waals surface area contributed by atoms with Gasteiger partial charge in [0.15, 0.2) is 22.6 Å². The fourth-order valence-electron chi connectivity index (χ4n) is 4.01. The molecule has 2 N–H and O–H groups in total. The van der Waals surface area contributed by atoms with Crippen LogP contribution >= 0.6 is 0 Å². The van der Waals surface area contributed by atoms with E-state index in [1.54, 1.807) is 36.7 Å². The highest BCUT2D eigenvalue weighted by atomic mass is 19.1. The number of rotatable bonds is 2. The van der Waals surface area contributed by atoms with Gasteiger partial charge in [-0.25, -0.2) is 23.7 Å². The molecule has 1 saturated heterocycles. The lowest BCUT2D eigenvalue weighted by Crippen LogP contribution is -2.39. The number of imidazole rings is 1. The molecule has 0 bridgehead atoms. The van der Waals surface area contributed by atoms with Crippen molar-refractivity contribution in [2.24, 2.45) is 0 Å². The van der Waals surface area contributed by atoms with Gasteiger partial charge in [0, 0.05) is 30.8 Å². The van der Waals surface area contributed by atoms with E-state index in [1.807, 2.05) is 0 Å². The minimum Gasteiger partial charge on any atom is -0.316 e. The van der Waals surface area contributed by atoms with Gasteiger partial charge in [-0.1, -0.05) is 0 Å². The second kappa shape index (κ2) is 6.66. The van der Waals surface area contributed by atoms with E-state index in [2.05, 4.69) is 25.3 Å². The van der Waals surface area contributed by atoms with Crippen molar-refractivity contribution in [2.75, 3.05) is 13.1 Å². The monoisotopic (exact) mass is 410 g/mol. The number of H-pyrrole nitrogens is 1. The standard InChI is InChI=1S/C21H20F2N6O/c1-11-7-15(13-8-14(22)18-25-12(2)9-29(18)10-13)26-17-16(11)27-20(28-19(17)30)21(23)3-5-24-6-4-21/h7-10,24H,3-6H2,1-2H3,(H,27,28,30). The van der Waals surface area contributed by atoms with Gasteiger partial charge in [-0.2, -0.15) is 0 Å². The second-order valence-electron chi connectivity index (χ2n) is 7.84. The molecule has 30 heavy (non-hydrogen) atoms. The van der Waals surface area contributed by atoms with E-state index in [1.165, 1.54) is 6.07 Å². The third-order valence-electron chi connectivity index (χ3n) is 5.60. The third kappa shape index (κ3) is 2.97. The molecular weight excluding hydrogens is 390 g/mol. The minimum absolute atomic E-state index is 0.0421. The van der Waals surface area contributed by atoms with Gasteiger partial charge in [0.1, 0.15) is 5.82 Å². The van der Waals surface area contributed by atoms with Crippen LogP contribution in [-0.4, -0.2) is 37.4 Å². The zero-order chi connectivity index (χ0) is 21.0. The van der Waals surface area contributed by atoms with Crippen LogP contribution in [0.2, 0.25) is 0 Å². The number of halogens is 2. The molecular formula is C21H20F2N6O. The maximum absolute atomic E-state index is 15.3. The van der Waals surface area contributed by atoms with Gasteiger partial charge in [-0.05, 0) is 44.6 Å². The molecule has 1 fully saturated rings. The van der Waals surface area contributed by atoms with Crippen molar-refractivity contribution in [3.63, 3.8) is 0 Å². The van der Waals surface area contributed by atoms with Crippen LogP contribution in [0, 0.1) is 19.7 Å². The number of nitrogens with one attached hydrogen (secondary N) is 2. The minimum atomic E-state index is -1.67. The Morgan fingerprint density at radius 1 is 1.07 bits per heavy atom. The van der Waals surface area contributed by atoms with Gasteiger partial charge >= 0.3 is 0 Å². The van der Waals surface area contributed by atoms with Crippen LogP contribution in [0.4, 0.5) is 8.78 Å².